The van der Waals surface area contributed by atoms with Gasteiger partial charge in [-0.1, -0.05) is 9.24 Å². The first-order valence-electron chi connectivity index (χ1n) is 1.69. The van der Waals surface area contributed by atoms with E-state index in [1.165, 1.54) is 0 Å². The van der Waals surface area contributed by atoms with Crippen LogP contribution in [0, 0.1) is 0 Å². The summed E-state index contributed by atoms with van der Waals surface area (Å²) in [6, 6.07) is 0. The summed E-state index contributed by atoms with van der Waals surface area (Å²) >= 11 is 0. The van der Waals surface area contributed by atoms with Crippen molar-refractivity contribution < 1.29 is 9.59 Å². The highest BCUT2D eigenvalue weighted by Crippen LogP contribution is 1.88. The number of hydrogen-bond donors (Lipinski definition) is 1. The summed E-state index contributed by atoms with van der Waals surface area (Å²) in [6.07, 6.45) is -0.176. The van der Waals surface area contributed by atoms with E-state index in [4.69, 9.17) is 0 Å². The molecule has 0 bridgehead atoms. The molecule has 0 aliphatic carbocycles. The maximum atomic E-state index is 9.92. The quantitative estimate of drug-likeness (QED) is 0.384. The van der Waals surface area contributed by atoms with Crippen LogP contribution >= 0.6 is 9.24 Å². The average molecular weight is 119 g/mol. The third-order valence-electron chi connectivity index (χ3n) is 0.348. The minimum atomic E-state index is -0.583. The number of carbonyl (C=O) groups excluding carboxylic acids is 2. The van der Waals surface area contributed by atoms with Crippen LogP contribution in [0.4, 0.5) is 0 Å². The van der Waals surface area contributed by atoms with Crippen LogP contribution in [0.1, 0.15) is 6.42 Å². The van der Waals surface area contributed by atoms with E-state index in [0.717, 1.165) is 0 Å². The van der Waals surface area contributed by atoms with E-state index in [-0.39, 0.29) is 11.9 Å². The molecular formula is C3H6NO2P. The van der Waals surface area contributed by atoms with Gasteiger partial charge in [0.25, 0.3) is 0 Å². The van der Waals surface area contributed by atoms with Gasteiger partial charge in [0.1, 0.15) is 0 Å². The number of hydrogen-bond acceptors (Lipinski definition) is 2. The number of primary amides is 1. The zero-order chi connectivity index (χ0) is 5.86. The SMILES string of the molecule is NC(=O)CC(=O)P. The second-order valence-electron chi connectivity index (χ2n) is 1.11. The largest absolute Gasteiger partial charge is 0.369 e. The first kappa shape index (κ1) is 6.57. The lowest BCUT2D eigenvalue weighted by atomic mass is 10.5. The fraction of sp³-hybridized carbons (Fsp3) is 0.333. The molecule has 1 atom stereocenters. The highest BCUT2D eigenvalue weighted by Gasteiger charge is 1.95. The predicted octanol–water partition coefficient (Wildman–Crippen LogP) is -0.737. The molecule has 0 heterocycles. The molecule has 0 aliphatic heterocycles. The predicted molar refractivity (Wildman–Crippen MR) is 28.5 cm³/mol. The van der Waals surface area contributed by atoms with Gasteiger partial charge in [0, 0.05) is 0 Å². The molecular weight excluding hydrogens is 113 g/mol. The summed E-state index contributed by atoms with van der Waals surface area (Å²) in [6.45, 7) is 0. The molecule has 0 rings (SSSR count). The maximum Gasteiger partial charge on any atom is 0.225 e. The van der Waals surface area contributed by atoms with Crippen molar-refractivity contribution in [2.75, 3.05) is 0 Å². The summed E-state index contributed by atoms with van der Waals surface area (Å²) in [4.78, 5) is 19.7. The van der Waals surface area contributed by atoms with Crippen molar-refractivity contribution in [2.24, 2.45) is 5.73 Å². The van der Waals surface area contributed by atoms with Crippen LogP contribution < -0.4 is 5.73 Å². The van der Waals surface area contributed by atoms with Gasteiger partial charge in [-0.25, -0.2) is 0 Å². The molecule has 3 nitrogen and oxygen atoms in total. The van der Waals surface area contributed by atoms with Gasteiger partial charge in [0.15, 0.2) is 5.52 Å². The molecule has 0 radical (unpaired) electrons. The van der Waals surface area contributed by atoms with Crippen molar-refractivity contribution in [3.05, 3.63) is 0 Å². The summed E-state index contributed by atoms with van der Waals surface area (Å²) in [5.41, 5.74) is 4.35. The Balaban J connectivity index is 3.32. The molecule has 0 aromatic carbocycles. The Kier molecular flexibility index (Phi) is 2.53. The van der Waals surface area contributed by atoms with Crippen LogP contribution in [0.25, 0.3) is 0 Å². The summed E-state index contributed by atoms with van der Waals surface area (Å²) in [5.74, 6) is -0.583. The van der Waals surface area contributed by atoms with Crippen LogP contribution in [0.2, 0.25) is 0 Å². The summed E-state index contributed by atoms with van der Waals surface area (Å²) in [7, 11) is 1.86. The van der Waals surface area contributed by atoms with Crippen LogP contribution in [0.15, 0.2) is 0 Å². The van der Waals surface area contributed by atoms with E-state index in [2.05, 4.69) is 5.73 Å². The van der Waals surface area contributed by atoms with E-state index in [0.29, 0.717) is 0 Å². The van der Waals surface area contributed by atoms with E-state index in [1.807, 2.05) is 9.24 Å². The fourth-order valence-corrected chi connectivity index (χ4v) is 0.373. The van der Waals surface area contributed by atoms with E-state index < -0.39 is 5.91 Å². The number of rotatable bonds is 2. The molecule has 0 fully saturated rings. The average Bonchev–Trinajstić information content (AvgIpc) is 1.27. The van der Waals surface area contributed by atoms with Gasteiger partial charge in [0.05, 0.1) is 6.42 Å². The molecule has 40 valence electrons. The minimum absolute atomic E-state index is 0.176. The minimum Gasteiger partial charge on any atom is -0.369 e. The molecule has 2 N–H and O–H groups in total. The molecule has 4 heteroatoms. The lowest BCUT2D eigenvalue weighted by Crippen LogP contribution is -2.12. The van der Waals surface area contributed by atoms with Crippen molar-refractivity contribution in [1.82, 2.24) is 0 Å². The number of nitrogens with two attached hydrogens (primary N) is 1. The van der Waals surface area contributed by atoms with E-state index in [9.17, 15) is 9.59 Å². The van der Waals surface area contributed by atoms with Gasteiger partial charge in [-0.15, -0.1) is 0 Å². The zero-order valence-corrected chi connectivity index (χ0v) is 4.83. The van der Waals surface area contributed by atoms with Crippen molar-refractivity contribution >= 4 is 20.7 Å². The van der Waals surface area contributed by atoms with Gasteiger partial charge < -0.3 is 5.73 Å². The Morgan fingerprint density at radius 3 is 2.00 bits per heavy atom. The monoisotopic (exact) mass is 119 g/mol. The molecule has 0 spiro atoms. The van der Waals surface area contributed by atoms with Gasteiger partial charge in [0.2, 0.25) is 5.91 Å². The molecule has 0 aromatic rings. The topological polar surface area (TPSA) is 60.2 Å². The lowest BCUT2D eigenvalue weighted by Gasteiger charge is -1.82. The van der Waals surface area contributed by atoms with E-state index >= 15 is 0 Å². The molecule has 1 unspecified atom stereocenters. The molecule has 0 saturated carbocycles. The Morgan fingerprint density at radius 1 is 1.57 bits per heavy atom. The van der Waals surface area contributed by atoms with Crippen LogP contribution in [0.3, 0.4) is 0 Å². The second-order valence-corrected chi connectivity index (χ2v) is 1.75. The highest BCUT2D eigenvalue weighted by atomic mass is 31.0. The van der Waals surface area contributed by atoms with Crippen molar-refractivity contribution in [1.29, 1.82) is 0 Å². The smallest absolute Gasteiger partial charge is 0.225 e. The Bertz CT molecular complexity index is 89.1. The first-order chi connectivity index (χ1) is 3.13. The van der Waals surface area contributed by atoms with Crippen molar-refractivity contribution in [2.45, 2.75) is 6.42 Å². The second kappa shape index (κ2) is 2.69. The lowest BCUT2D eigenvalue weighted by molar-refractivity contribution is -0.122. The van der Waals surface area contributed by atoms with Crippen LogP contribution in [-0.2, 0) is 9.59 Å². The van der Waals surface area contributed by atoms with Crippen LogP contribution in [-0.4, -0.2) is 11.4 Å². The Labute approximate surface area is 43.5 Å². The third kappa shape index (κ3) is 5.57. The Morgan fingerprint density at radius 2 is 2.00 bits per heavy atom. The highest BCUT2D eigenvalue weighted by molar-refractivity contribution is 7.40. The molecule has 7 heavy (non-hydrogen) atoms. The standard InChI is InChI=1S/C3H6NO2P/c4-2(5)1-3(6)7/h1,7H2,(H2,4,5). The van der Waals surface area contributed by atoms with Crippen LogP contribution in [0.5, 0.6) is 0 Å². The maximum absolute atomic E-state index is 9.92. The Hall–Kier alpha value is -0.430. The van der Waals surface area contributed by atoms with Gasteiger partial charge in [-0.2, -0.15) is 0 Å². The van der Waals surface area contributed by atoms with Crippen molar-refractivity contribution in [3.8, 4) is 0 Å². The van der Waals surface area contributed by atoms with Gasteiger partial charge in [-0.05, 0) is 0 Å². The first-order valence-corrected chi connectivity index (χ1v) is 2.27. The summed E-state index contributed by atoms with van der Waals surface area (Å²) < 4.78 is 0. The normalized spacial score (nSPS) is 8.14. The molecule has 0 aromatic heterocycles. The third-order valence-corrected chi connectivity index (χ3v) is 0.553. The van der Waals surface area contributed by atoms with E-state index in [1.54, 1.807) is 0 Å². The number of amides is 1. The molecule has 0 aliphatic rings. The van der Waals surface area contributed by atoms with Gasteiger partial charge >= 0.3 is 0 Å². The van der Waals surface area contributed by atoms with Crippen molar-refractivity contribution in [3.63, 3.8) is 0 Å². The molecule has 1 amide bonds. The molecule has 0 saturated heterocycles. The summed E-state index contributed by atoms with van der Waals surface area (Å²) in [5, 5.41) is 0. The zero-order valence-electron chi connectivity index (χ0n) is 3.68. The fourth-order valence-electron chi connectivity index (χ4n) is 0.172. The number of carbonyl (C=O) groups is 2. The van der Waals surface area contributed by atoms with Gasteiger partial charge in [-0.3, -0.25) is 9.59 Å².